The number of amides is 3. The number of carbonyl (C=O) groups is 4. The fourth-order valence-electron chi connectivity index (χ4n) is 3.99. The maximum absolute atomic E-state index is 14.3. The van der Waals surface area contributed by atoms with Crippen molar-refractivity contribution in [3.05, 3.63) is 35.4 Å². The van der Waals surface area contributed by atoms with Gasteiger partial charge in [0.25, 0.3) is 0 Å². The van der Waals surface area contributed by atoms with Crippen LogP contribution in [0.15, 0.2) is 24.3 Å². The maximum atomic E-state index is 14.3. The number of hydrogen-bond donors (Lipinski definition) is 2. The SMILES string of the molecule is C#Cc1ccccc1C(C(=O)NCCC(=O)OCC)N(C(=O)C(NC(=O)OC(C)(C)C)C(C)CC)C(C)(C)C. The van der Waals surface area contributed by atoms with E-state index >= 15 is 0 Å². The van der Waals surface area contributed by atoms with Crippen LogP contribution in [0.5, 0.6) is 0 Å². The van der Waals surface area contributed by atoms with Gasteiger partial charge in [0, 0.05) is 17.6 Å². The number of rotatable bonds is 11. The molecule has 2 N–H and O–H groups in total. The zero-order valence-corrected chi connectivity index (χ0v) is 24.8. The Morgan fingerprint density at radius 3 is 2.18 bits per heavy atom. The summed E-state index contributed by atoms with van der Waals surface area (Å²) in [5, 5.41) is 5.51. The summed E-state index contributed by atoms with van der Waals surface area (Å²) in [6.45, 7) is 16.4. The van der Waals surface area contributed by atoms with Crippen molar-refractivity contribution in [2.45, 2.75) is 98.4 Å². The van der Waals surface area contributed by atoms with Gasteiger partial charge in [-0.3, -0.25) is 14.4 Å². The van der Waals surface area contributed by atoms with E-state index in [1.165, 1.54) is 4.90 Å². The molecule has 3 atom stereocenters. The lowest BCUT2D eigenvalue weighted by molar-refractivity contribution is -0.150. The van der Waals surface area contributed by atoms with Gasteiger partial charge in [0.1, 0.15) is 17.7 Å². The number of nitrogens with zero attached hydrogens (tertiary/aromatic N) is 1. The first-order chi connectivity index (χ1) is 18.1. The average Bonchev–Trinajstić information content (AvgIpc) is 2.83. The van der Waals surface area contributed by atoms with Crippen molar-refractivity contribution < 1.29 is 28.7 Å². The molecule has 1 aromatic rings. The van der Waals surface area contributed by atoms with Crippen LogP contribution in [0.2, 0.25) is 0 Å². The van der Waals surface area contributed by atoms with E-state index < -0.39 is 47.1 Å². The van der Waals surface area contributed by atoms with Crippen LogP contribution < -0.4 is 10.6 Å². The first kappa shape index (κ1) is 33.5. The summed E-state index contributed by atoms with van der Waals surface area (Å²) in [5.41, 5.74) is -0.727. The third-order valence-electron chi connectivity index (χ3n) is 5.96. The van der Waals surface area contributed by atoms with Crippen molar-refractivity contribution >= 4 is 23.9 Å². The summed E-state index contributed by atoms with van der Waals surface area (Å²) in [5.74, 6) is 0.923. The average molecular weight is 544 g/mol. The summed E-state index contributed by atoms with van der Waals surface area (Å²) in [6.07, 6.45) is 5.61. The second-order valence-electron chi connectivity index (χ2n) is 11.4. The predicted octanol–water partition coefficient (Wildman–Crippen LogP) is 4.34. The molecule has 0 heterocycles. The summed E-state index contributed by atoms with van der Waals surface area (Å²) >= 11 is 0. The lowest BCUT2D eigenvalue weighted by atomic mass is 9.90. The minimum absolute atomic E-state index is 0.0174. The monoisotopic (exact) mass is 543 g/mol. The highest BCUT2D eigenvalue weighted by Crippen LogP contribution is 2.32. The van der Waals surface area contributed by atoms with E-state index in [0.717, 1.165) is 0 Å². The van der Waals surface area contributed by atoms with E-state index in [0.29, 0.717) is 17.5 Å². The molecule has 1 rings (SSSR count). The number of carbonyl (C=O) groups excluding carboxylic acids is 4. The number of esters is 1. The van der Waals surface area contributed by atoms with Crippen LogP contribution in [0.4, 0.5) is 4.79 Å². The van der Waals surface area contributed by atoms with Crippen LogP contribution in [0.25, 0.3) is 0 Å². The van der Waals surface area contributed by atoms with Crippen LogP contribution in [0.1, 0.15) is 92.3 Å². The van der Waals surface area contributed by atoms with Gasteiger partial charge >= 0.3 is 12.1 Å². The second-order valence-corrected chi connectivity index (χ2v) is 11.4. The molecule has 0 bridgehead atoms. The van der Waals surface area contributed by atoms with Crippen LogP contribution in [-0.2, 0) is 23.9 Å². The van der Waals surface area contributed by atoms with Gasteiger partial charge in [0.05, 0.1) is 13.0 Å². The van der Waals surface area contributed by atoms with E-state index in [2.05, 4.69) is 16.6 Å². The van der Waals surface area contributed by atoms with Crippen LogP contribution in [-0.4, -0.2) is 59.1 Å². The molecule has 0 aliphatic carbocycles. The highest BCUT2D eigenvalue weighted by atomic mass is 16.6. The minimum atomic E-state index is -1.14. The summed E-state index contributed by atoms with van der Waals surface area (Å²) in [7, 11) is 0. The van der Waals surface area contributed by atoms with Gasteiger partial charge in [0.15, 0.2) is 0 Å². The molecule has 0 saturated heterocycles. The van der Waals surface area contributed by atoms with Gasteiger partial charge in [-0.1, -0.05) is 44.4 Å². The predicted molar refractivity (Wildman–Crippen MR) is 151 cm³/mol. The molecule has 9 nitrogen and oxygen atoms in total. The Kier molecular flexibility index (Phi) is 12.5. The van der Waals surface area contributed by atoms with Crippen LogP contribution >= 0.6 is 0 Å². The largest absolute Gasteiger partial charge is 0.466 e. The van der Waals surface area contributed by atoms with Gasteiger partial charge in [-0.05, 0) is 66.0 Å². The molecule has 0 aliphatic heterocycles. The highest BCUT2D eigenvalue weighted by molar-refractivity contribution is 5.93. The van der Waals surface area contributed by atoms with E-state index in [4.69, 9.17) is 15.9 Å². The van der Waals surface area contributed by atoms with Crippen molar-refractivity contribution in [1.29, 1.82) is 0 Å². The van der Waals surface area contributed by atoms with Crippen molar-refractivity contribution in [2.24, 2.45) is 5.92 Å². The van der Waals surface area contributed by atoms with Crippen molar-refractivity contribution in [3.8, 4) is 12.3 Å². The lowest BCUT2D eigenvalue weighted by Crippen LogP contribution is -2.60. The number of ether oxygens (including phenoxy) is 2. The molecular weight excluding hydrogens is 498 g/mol. The lowest BCUT2D eigenvalue weighted by Gasteiger charge is -2.44. The van der Waals surface area contributed by atoms with Gasteiger partial charge < -0.3 is 25.0 Å². The zero-order chi connectivity index (χ0) is 30.0. The van der Waals surface area contributed by atoms with Gasteiger partial charge in [0.2, 0.25) is 11.8 Å². The second kappa shape index (κ2) is 14.6. The molecular formula is C30H45N3O6. The van der Waals surface area contributed by atoms with E-state index in [9.17, 15) is 19.2 Å². The van der Waals surface area contributed by atoms with Crippen molar-refractivity contribution in [2.75, 3.05) is 13.2 Å². The molecule has 0 spiro atoms. The first-order valence-electron chi connectivity index (χ1n) is 13.4. The van der Waals surface area contributed by atoms with E-state index in [1.807, 2.05) is 34.6 Å². The molecule has 3 amide bonds. The highest BCUT2D eigenvalue weighted by Gasteiger charge is 2.43. The topological polar surface area (TPSA) is 114 Å². The summed E-state index contributed by atoms with van der Waals surface area (Å²) in [6, 6.07) is 4.78. The number of benzene rings is 1. The molecule has 39 heavy (non-hydrogen) atoms. The third-order valence-corrected chi connectivity index (χ3v) is 5.96. The summed E-state index contributed by atoms with van der Waals surface area (Å²) < 4.78 is 10.4. The Balaban J connectivity index is 3.60. The molecule has 9 heteroatoms. The quantitative estimate of drug-likeness (QED) is 0.317. The maximum Gasteiger partial charge on any atom is 0.408 e. The number of hydrogen-bond acceptors (Lipinski definition) is 6. The molecule has 1 aromatic carbocycles. The Hall–Kier alpha value is -3.54. The molecule has 216 valence electrons. The van der Waals surface area contributed by atoms with Crippen molar-refractivity contribution in [3.63, 3.8) is 0 Å². The first-order valence-corrected chi connectivity index (χ1v) is 13.4. The van der Waals surface area contributed by atoms with Crippen LogP contribution in [0.3, 0.4) is 0 Å². The Labute approximate surface area is 233 Å². The van der Waals surface area contributed by atoms with Crippen molar-refractivity contribution in [1.82, 2.24) is 15.5 Å². The Morgan fingerprint density at radius 2 is 1.67 bits per heavy atom. The normalized spacial score (nSPS) is 13.7. The fraction of sp³-hybridized carbons (Fsp3) is 0.600. The zero-order valence-electron chi connectivity index (χ0n) is 24.8. The third kappa shape index (κ3) is 10.3. The fourth-order valence-corrected chi connectivity index (χ4v) is 3.99. The summed E-state index contributed by atoms with van der Waals surface area (Å²) in [4.78, 5) is 54.2. The number of alkyl carbamates (subject to hydrolysis) is 1. The van der Waals surface area contributed by atoms with Gasteiger partial charge in [-0.2, -0.15) is 0 Å². The Morgan fingerprint density at radius 1 is 1.05 bits per heavy atom. The molecule has 3 unspecified atom stereocenters. The van der Waals surface area contributed by atoms with Gasteiger partial charge in [-0.15, -0.1) is 6.42 Å². The molecule has 0 aliphatic rings. The molecule has 0 radical (unpaired) electrons. The smallest absolute Gasteiger partial charge is 0.408 e. The van der Waals surface area contributed by atoms with Crippen LogP contribution in [0, 0.1) is 18.3 Å². The minimum Gasteiger partial charge on any atom is -0.466 e. The molecule has 0 fully saturated rings. The number of terminal acetylenes is 1. The van der Waals surface area contributed by atoms with Gasteiger partial charge in [-0.25, -0.2) is 4.79 Å². The molecule has 0 aromatic heterocycles. The molecule has 0 saturated carbocycles. The number of nitrogens with one attached hydrogen (secondary N) is 2. The van der Waals surface area contributed by atoms with E-state index in [1.54, 1.807) is 52.0 Å². The standard InChI is InChI=1S/C30H45N3O6/c1-11-20(4)24(32-28(37)39-30(8,9)10)27(36)33(29(5,6)7)25(22-17-15-14-16-21(22)12-2)26(35)31-19-18-23(34)38-13-3/h2,14-17,20,24-25H,11,13,18-19H2,1,3-10H3,(H,31,35)(H,32,37). The van der Waals surface area contributed by atoms with E-state index in [-0.39, 0.29) is 25.5 Å². The Bertz CT molecular complexity index is 1050.